The zero-order valence-corrected chi connectivity index (χ0v) is 5.46. The largest absolute Gasteiger partial charge is 0.463 e. The number of carbonyl (C=O) groups excluding carboxylic acids is 2. The molecule has 0 saturated heterocycles. The molecule has 4 nitrogen and oxygen atoms in total. The highest BCUT2D eigenvalue weighted by atomic mass is 16.5. The van der Waals surface area contributed by atoms with Crippen LogP contribution in [0.4, 0.5) is 0 Å². The first-order valence-electron chi connectivity index (χ1n) is 2.90. The van der Waals surface area contributed by atoms with Crippen molar-refractivity contribution in [1.29, 1.82) is 0 Å². The van der Waals surface area contributed by atoms with Gasteiger partial charge in [-0.25, -0.2) is 5.11 Å². The molecule has 10 heavy (non-hydrogen) atoms. The van der Waals surface area contributed by atoms with Crippen LogP contribution in [0.25, 0.3) is 0 Å². The number of carbonyl (C=O) groups is 1. The molecular weight excluding hydrogens is 136 g/mol. The zero-order chi connectivity index (χ0) is 7.82. The lowest BCUT2D eigenvalue weighted by molar-refractivity contribution is -0.145. The molecule has 0 atom stereocenters. The lowest BCUT2D eigenvalue weighted by atomic mass is 10.3. The van der Waals surface area contributed by atoms with Crippen molar-refractivity contribution >= 4 is 12.3 Å². The second-order valence-corrected chi connectivity index (χ2v) is 1.57. The molecule has 4 heteroatoms. The number of hydrogen-bond donors (Lipinski definition) is 0. The molecule has 0 saturated carbocycles. The monoisotopic (exact) mass is 144 g/mol. The molecule has 0 N–H and O–H groups in total. The molecule has 0 aliphatic carbocycles. The molecule has 0 aromatic rings. The number of rotatable bonds is 5. The van der Waals surface area contributed by atoms with E-state index in [0.29, 0.717) is 0 Å². The molecule has 0 aromatic carbocycles. The summed E-state index contributed by atoms with van der Waals surface area (Å²) in [6.07, 6.45) is 1.60. The first kappa shape index (κ1) is 9.10. The van der Waals surface area contributed by atoms with Crippen molar-refractivity contribution in [3.05, 3.63) is 0 Å². The van der Waals surface area contributed by atoms with Gasteiger partial charge in [-0.05, 0) is 0 Å². The van der Waals surface area contributed by atoms with Crippen molar-refractivity contribution in [2.75, 3.05) is 13.2 Å². The van der Waals surface area contributed by atoms with E-state index in [0.717, 1.165) is 0 Å². The zero-order valence-electron chi connectivity index (χ0n) is 5.46. The summed E-state index contributed by atoms with van der Waals surface area (Å²) in [7, 11) is 0. The smallest absolute Gasteiger partial charge is 0.306 e. The molecule has 0 aliphatic heterocycles. The lowest BCUT2D eigenvalue weighted by Gasteiger charge is -1.97. The summed E-state index contributed by atoms with van der Waals surface area (Å²) in [6, 6.07) is 0. The maximum absolute atomic E-state index is 10.4. The fourth-order valence-electron chi connectivity index (χ4n) is 0.381. The Morgan fingerprint density at radius 1 is 1.50 bits per heavy atom. The third-order valence-electron chi connectivity index (χ3n) is 0.778. The van der Waals surface area contributed by atoms with Gasteiger partial charge in [0, 0.05) is 6.42 Å². The van der Waals surface area contributed by atoms with Crippen molar-refractivity contribution in [3.63, 3.8) is 0 Å². The number of esters is 1. The van der Waals surface area contributed by atoms with Gasteiger partial charge in [0.2, 0.25) is 0 Å². The van der Waals surface area contributed by atoms with E-state index < -0.39 is 12.6 Å². The summed E-state index contributed by atoms with van der Waals surface area (Å²) in [4.78, 5) is 20.0. The van der Waals surface area contributed by atoms with E-state index in [9.17, 15) is 14.7 Å². The quantitative estimate of drug-likeness (QED) is 0.504. The van der Waals surface area contributed by atoms with Gasteiger partial charge in [0.05, 0.1) is 6.42 Å². The summed E-state index contributed by atoms with van der Waals surface area (Å²) in [5.74, 6) is -0.515. The third-order valence-corrected chi connectivity index (χ3v) is 0.778. The van der Waals surface area contributed by atoms with Crippen LogP contribution in [0, 0.1) is 0 Å². The van der Waals surface area contributed by atoms with Crippen molar-refractivity contribution in [1.82, 2.24) is 0 Å². The Bertz CT molecular complexity index is 110. The van der Waals surface area contributed by atoms with Gasteiger partial charge in [0.1, 0.15) is 13.2 Å². The Kier molecular flexibility index (Phi) is 5.66. The minimum Gasteiger partial charge on any atom is -0.463 e. The SMILES string of the molecule is [O]CCOC(=O)CC[C]=O. The van der Waals surface area contributed by atoms with Crippen LogP contribution in [-0.4, -0.2) is 25.5 Å². The van der Waals surface area contributed by atoms with Crippen LogP contribution < -0.4 is 0 Å². The molecule has 0 spiro atoms. The molecule has 0 unspecified atom stereocenters. The van der Waals surface area contributed by atoms with E-state index in [1.807, 2.05) is 0 Å². The van der Waals surface area contributed by atoms with Crippen LogP contribution in [0.2, 0.25) is 0 Å². The normalized spacial score (nSPS) is 8.90. The van der Waals surface area contributed by atoms with Crippen LogP contribution in [0.3, 0.4) is 0 Å². The lowest BCUT2D eigenvalue weighted by Crippen LogP contribution is -2.07. The van der Waals surface area contributed by atoms with Gasteiger partial charge < -0.3 is 4.74 Å². The molecular formula is C6H8O4. The number of ether oxygens (including phenoxy) is 1. The molecule has 0 aliphatic rings. The molecule has 0 fully saturated rings. The van der Waals surface area contributed by atoms with Crippen LogP contribution >= 0.6 is 0 Å². The second kappa shape index (κ2) is 6.22. The van der Waals surface area contributed by atoms with E-state index in [-0.39, 0.29) is 19.4 Å². The Labute approximate surface area is 58.8 Å². The van der Waals surface area contributed by atoms with Crippen molar-refractivity contribution in [2.45, 2.75) is 12.8 Å². The first-order valence-corrected chi connectivity index (χ1v) is 2.90. The predicted molar refractivity (Wildman–Crippen MR) is 31.4 cm³/mol. The molecule has 2 radical (unpaired) electrons. The van der Waals surface area contributed by atoms with Gasteiger partial charge in [0.25, 0.3) is 0 Å². The van der Waals surface area contributed by atoms with Crippen LogP contribution in [0.5, 0.6) is 0 Å². The van der Waals surface area contributed by atoms with E-state index in [2.05, 4.69) is 4.74 Å². The van der Waals surface area contributed by atoms with Crippen molar-refractivity contribution in [2.24, 2.45) is 0 Å². The van der Waals surface area contributed by atoms with E-state index >= 15 is 0 Å². The standard InChI is InChI=1S/C6H8O4/c7-3-1-2-6(9)10-5-4-8/h1-2,4-5H2. The maximum Gasteiger partial charge on any atom is 0.306 e. The molecule has 0 rings (SSSR count). The molecule has 0 heterocycles. The van der Waals surface area contributed by atoms with Gasteiger partial charge in [-0.15, -0.1) is 0 Å². The summed E-state index contributed by atoms with van der Waals surface area (Å²) in [5.41, 5.74) is 0. The predicted octanol–water partition coefficient (Wildman–Crippen LogP) is -0.150. The molecule has 0 amide bonds. The molecule has 0 bridgehead atoms. The average molecular weight is 144 g/mol. The van der Waals surface area contributed by atoms with Crippen molar-refractivity contribution < 1.29 is 19.4 Å². The average Bonchev–Trinajstić information content (AvgIpc) is 1.97. The van der Waals surface area contributed by atoms with E-state index in [1.54, 1.807) is 6.29 Å². The fraction of sp³-hybridized carbons (Fsp3) is 0.667. The summed E-state index contributed by atoms with van der Waals surface area (Å²) < 4.78 is 4.36. The van der Waals surface area contributed by atoms with Crippen LogP contribution in [0.15, 0.2) is 0 Å². The summed E-state index contributed by atoms with van der Waals surface area (Å²) >= 11 is 0. The number of hydrogen-bond acceptors (Lipinski definition) is 3. The molecule has 0 aromatic heterocycles. The first-order chi connectivity index (χ1) is 4.81. The third kappa shape index (κ3) is 5.24. The molecule has 56 valence electrons. The second-order valence-electron chi connectivity index (χ2n) is 1.57. The topological polar surface area (TPSA) is 63.3 Å². The Morgan fingerprint density at radius 3 is 2.70 bits per heavy atom. The van der Waals surface area contributed by atoms with Gasteiger partial charge in [-0.1, -0.05) is 0 Å². The van der Waals surface area contributed by atoms with E-state index in [1.165, 1.54) is 0 Å². The highest BCUT2D eigenvalue weighted by Crippen LogP contribution is 1.88. The Morgan fingerprint density at radius 2 is 2.20 bits per heavy atom. The summed E-state index contributed by atoms with van der Waals surface area (Å²) in [6.45, 7) is -0.547. The highest BCUT2D eigenvalue weighted by molar-refractivity contribution is 5.72. The highest BCUT2D eigenvalue weighted by Gasteiger charge is 2.00. The minimum absolute atomic E-state index is 0.0174. The Balaban J connectivity index is 3.16. The summed E-state index contributed by atoms with van der Waals surface area (Å²) in [5, 5.41) is 9.75. The Hall–Kier alpha value is -0.900. The van der Waals surface area contributed by atoms with Crippen LogP contribution in [0.1, 0.15) is 12.8 Å². The van der Waals surface area contributed by atoms with Gasteiger partial charge in [-0.3, -0.25) is 9.59 Å². The fourth-order valence-corrected chi connectivity index (χ4v) is 0.381. The maximum atomic E-state index is 10.4. The van der Waals surface area contributed by atoms with Gasteiger partial charge in [-0.2, -0.15) is 0 Å². The van der Waals surface area contributed by atoms with Crippen LogP contribution in [-0.2, 0) is 19.4 Å². The minimum atomic E-state index is -0.515. The van der Waals surface area contributed by atoms with Gasteiger partial charge >= 0.3 is 5.97 Å². The van der Waals surface area contributed by atoms with Gasteiger partial charge in [0.15, 0.2) is 6.29 Å². The van der Waals surface area contributed by atoms with Crippen molar-refractivity contribution in [3.8, 4) is 0 Å². The van der Waals surface area contributed by atoms with E-state index in [4.69, 9.17) is 0 Å².